The number of hydrogen-bond acceptors (Lipinski definition) is 5. The molecule has 0 aliphatic heterocycles. The average molecular weight is 334 g/mol. The summed E-state index contributed by atoms with van der Waals surface area (Å²) in [7, 11) is 0. The topological polar surface area (TPSA) is 72.3 Å². The molecule has 0 fully saturated rings. The van der Waals surface area contributed by atoms with Crippen LogP contribution in [0.3, 0.4) is 0 Å². The molecule has 4 nitrogen and oxygen atoms in total. The van der Waals surface area contributed by atoms with E-state index < -0.39 is 34.4 Å². The second-order valence-electron chi connectivity index (χ2n) is 4.29. The first-order valence-corrected chi connectivity index (χ1v) is 6.79. The van der Waals surface area contributed by atoms with Crippen LogP contribution in [0.5, 0.6) is 0 Å². The molecule has 1 heterocycles. The molecule has 0 spiro atoms. The minimum Gasteiger partial charge on any atom is -0.203 e. The van der Waals surface area contributed by atoms with Crippen LogP contribution in [-0.4, -0.2) is 11.4 Å². The van der Waals surface area contributed by atoms with E-state index in [0.717, 1.165) is 11.3 Å². The van der Waals surface area contributed by atoms with Gasteiger partial charge in [0.2, 0.25) is 12.4 Å². The van der Waals surface area contributed by atoms with Crippen molar-refractivity contribution in [1.82, 2.24) is 0 Å². The van der Waals surface area contributed by atoms with E-state index in [1.165, 1.54) is 23.8 Å². The van der Waals surface area contributed by atoms with Gasteiger partial charge in [-0.2, -0.15) is 20.5 Å². The van der Waals surface area contributed by atoms with Gasteiger partial charge in [0.25, 0.3) is 0 Å². The molecule has 0 atom stereocenters. The van der Waals surface area contributed by atoms with Crippen LogP contribution in [0.15, 0.2) is 21.4 Å². The summed E-state index contributed by atoms with van der Waals surface area (Å²) in [6.45, 7) is 0. The summed E-state index contributed by atoms with van der Waals surface area (Å²) < 4.78 is 55.6. The maximum atomic E-state index is 14.2. The zero-order chi connectivity index (χ0) is 16.7. The van der Waals surface area contributed by atoms with E-state index >= 15 is 0 Å². The molecule has 0 N–H and O–H groups in total. The van der Waals surface area contributed by atoms with Crippen molar-refractivity contribution in [3.8, 4) is 12.4 Å². The fourth-order valence-electron chi connectivity index (χ4n) is 2.33. The summed E-state index contributed by atoms with van der Waals surface area (Å²) >= 11 is 1.01. The Labute approximate surface area is 130 Å². The molecule has 1 aromatic carbocycles. The van der Waals surface area contributed by atoms with Crippen LogP contribution in [0.1, 0.15) is 21.6 Å². The Balaban J connectivity index is 2.56. The monoisotopic (exact) mass is 334 g/mol. The lowest BCUT2D eigenvalue weighted by atomic mass is 9.86. The highest BCUT2D eigenvalue weighted by Crippen LogP contribution is 2.36. The summed E-state index contributed by atoms with van der Waals surface area (Å²) in [5, 5.41) is 19.0. The summed E-state index contributed by atoms with van der Waals surface area (Å²) in [5.74, 6) is -7.45. The Morgan fingerprint density at radius 1 is 0.826 bits per heavy atom. The third-order valence-corrected chi connectivity index (χ3v) is 4.12. The van der Waals surface area contributed by atoms with E-state index in [-0.39, 0.29) is 21.9 Å². The third-order valence-electron chi connectivity index (χ3n) is 3.20. The van der Waals surface area contributed by atoms with Crippen LogP contribution >= 0.6 is 11.3 Å². The number of benzene rings is 1. The molecule has 3 rings (SSSR count). The Kier molecular flexibility index (Phi) is 3.43. The van der Waals surface area contributed by atoms with Gasteiger partial charge in [0.15, 0.2) is 23.3 Å². The van der Waals surface area contributed by atoms with Gasteiger partial charge in [-0.05, 0) is 11.4 Å². The molecule has 0 radical (unpaired) electrons. The summed E-state index contributed by atoms with van der Waals surface area (Å²) in [6, 6.07) is 1.44. The number of nitriles is 2. The van der Waals surface area contributed by atoms with Gasteiger partial charge in [0.1, 0.15) is 5.71 Å². The van der Waals surface area contributed by atoms with Crippen molar-refractivity contribution in [3.63, 3.8) is 0 Å². The number of aliphatic imine (C=N–C) groups is 2. The number of rotatable bonds is 0. The lowest BCUT2D eigenvalue weighted by Gasteiger charge is -2.20. The predicted molar refractivity (Wildman–Crippen MR) is 73.1 cm³/mol. The SMILES string of the molecule is N#CN=C1c2ccsc2C(=NC#N)c2c(F)c(F)c(F)c(F)c21. The van der Waals surface area contributed by atoms with Crippen LogP contribution in [0.25, 0.3) is 0 Å². The van der Waals surface area contributed by atoms with E-state index in [1.54, 1.807) is 0 Å². The minimum atomic E-state index is -2.03. The van der Waals surface area contributed by atoms with Crippen molar-refractivity contribution in [2.75, 3.05) is 0 Å². The molecule has 9 heteroatoms. The lowest BCUT2D eigenvalue weighted by molar-refractivity contribution is 0.407. The van der Waals surface area contributed by atoms with Crippen LogP contribution in [0.4, 0.5) is 17.6 Å². The van der Waals surface area contributed by atoms with Crippen molar-refractivity contribution in [2.45, 2.75) is 0 Å². The Morgan fingerprint density at radius 3 is 1.91 bits per heavy atom. The van der Waals surface area contributed by atoms with Gasteiger partial charge in [0, 0.05) is 5.56 Å². The molecule has 0 saturated carbocycles. The molecule has 1 aliphatic carbocycles. The van der Waals surface area contributed by atoms with Crippen LogP contribution in [-0.2, 0) is 0 Å². The molecule has 112 valence electrons. The van der Waals surface area contributed by atoms with Crippen molar-refractivity contribution in [1.29, 1.82) is 10.5 Å². The number of fused-ring (bicyclic) bond motifs is 2. The second kappa shape index (κ2) is 5.30. The number of hydrogen-bond donors (Lipinski definition) is 0. The number of nitrogens with zero attached hydrogens (tertiary/aromatic N) is 4. The molecular weight excluding hydrogens is 332 g/mol. The minimum absolute atomic E-state index is 0.183. The lowest BCUT2D eigenvalue weighted by Crippen LogP contribution is -2.25. The average Bonchev–Trinajstić information content (AvgIpc) is 3.02. The summed E-state index contributed by atoms with van der Waals surface area (Å²) in [6.07, 6.45) is 2.84. The molecule has 0 unspecified atom stereocenters. The van der Waals surface area contributed by atoms with Crippen molar-refractivity contribution in [2.24, 2.45) is 9.98 Å². The molecular formula is C14H2F4N4S. The largest absolute Gasteiger partial charge is 0.206 e. The smallest absolute Gasteiger partial charge is 0.203 e. The zero-order valence-corrected chi connectivity index (χ0v) is 11.7. The first-order valence-electron chi connectivity index (χ1n) is 5.91. The number of thiophene rings is 1. The Hall–Kier alpha value is -3.04. The highest BCUT2D eigenvalue weighted by molar-refractivity contribution is 7.13. The van der Waals surface area contributed by atoms with Crippen LogP contribution in [0.2, 0.25) is 0 Å². The highest BCUT2D eigenvalue weighted by atomic mass is 32.1. The molecule has 1 aliphatic rings. The molecule has 0 saturated heterocycles. The van der Waals surface area contributed by atoms with Gasteiger partial charge in [-0.15, -0.1) is 11.3 Å². The van der Waals surface area contributed by atoms with E-state index in [1.807, 2.05) is 0 Å². The van der Waals surface area contributed by atoms with Gasteiger partial charge in [-0.1, -0.05) is 0 Å². The van der Waals surface area contributed by atoms with Crippen LogP contribution < -0.4 is 0 Å². The van der Waals surface area contributed by atoms with E-state index in [0.29, 0.717) is 0 Å². The normalized spacial score (nSPS) is 15.9. The fraction of sp³-hybridized carbons (Fsp3) is 0. The van der Waals surface area contributed by atoms with E-state index in [2.05, 4.69) is 9.98 Å². The van der Waals surface area contributed by atoms with Gasteiger partial charge >= 0.3 is 0 Å². The molecule has 1 aromatic heterocycles. The standard InChI is InChI=1S/C14H2F4N4S/c15-8-6-7(9(16)11(18)10(8)17)13(22-4-20)14-5(1-2-23-14)12(6)21-3-19/h1-2H. The fourth-order valence-corrected chi connectivity index (χ4v) is 3.22. The third kappa shape index (κ3) is 1.94. The van der Waals surface area contributed by atoms with E-state index in [9.17, 15) is 17.6 Å². The zero-order valence-electron chi connectivity index (χ0n) is 10.9. The first-order chi connectivity index (χ1) is 11.0. The quantitative estimate of drug-likeness (QED) is 0.274. The van der Waals surface area contributed by atoms with Gasteiger partial charge in [-0.3, -0.25) is 0 Å². The summed E-state index contributed by atoms with van der Waals surface area (Å²) in [5.41, 5.74) is -1.96. The second-order valence-corrected chi connectivity index (χ2v) is 5.21. The van der Waals surface area contributed by atoms with Crippen molar-refractivity contribution >= 4 is 22.8 Å². The highest BCUT2D eigenvalue weighted by Gasteiger charge is 2.37. The van der Waals surface area contributed by atoms with Crippen molar-refractivity contribution in [3.05, 3.63) is 56.3 Å². The molecule has 0 amide bonds. The molecule has 0 bridgehead atoms. The van der Waals surface area contributed by atoms with Gasteiger partial charge in [-0.25, -0.2) is 17.6 Å². The van der Waals surface area contributed by atoms with Gasteiger partial charge in [0.05, 0.1) is 21.7 Å². The molecule has 23 heavy (non-hydrogen) atoms. The Morgan fingerprint density at radius 2 is 1.35 bits per heavy atom. The molecule has 2 aromatic rings. The van der Waals surface area contributed by atoms with E-state index in [4.69, 9.17) is 10.5 Å². The predicted octanol–water partition coefficient (Wildman–Crippen LogP) is 3.25. The number of halogens is 4. The van der Waals surface area contributed by atoms with Crippen LogP contribution in [0, 0.1) is 46.2 Å². The first kappa shape index (κ1) is 14.9. The maximum Gasteiger partial charge on any atom is 0.206 e. The van der Waals surface area contributed by atoms with Crippen molar-refractivity contribution < 1.29 is 17.6 Å². The summed E-state index contributed by atoms with van der Waals surface area (Å²) in [4.78, 5) is 7.01. The Bertz CT molecular complexity index is 914. The maximum absolute atomic E-state index is 14.2. The van der Waals surface area contributed by atoms with Gasteiger partial charge < -0.3 is 0 Å².